The van der Waals surface area contributed by atoms with Crippen molar-refractivity contribution in [2.24, 2.45) is 0 Å². The highest BCUT2D eigenvalue weighted by atomic mass is 16.5. The first-order chi connectivity index (χ1) is 8.34. The largest absolute Gasteiger partial charge is 0.493 e. The molecule has 1 aliphatic carbocycles. The van der Waals surface area contributed by atoms with Gasteiger partial charge in [-0.25, -0.2) is 0 Å². The normalized spacial score (nSPS) is 31.9. The van der Waals surface area contributed by atoms with Gasteiger partial charge in [0, 0.05) is 24.1 Å². The van der Waals surface area contributed by atoms with Crippen LogP contribution in [-0.4, -0.2) is 23.9 Å². The SMILES string of the molecule is OC1CCCC1NC1CCOc2ccccc21. The third-order valence-electron chi connectivity index (χ3n) is 3.85. The lowest BCUT2D eigenvalue weighted by Crippen LogP contribution is -2.39. The number of nitrogens with one attached hydrogen (secondary N) is 1. The van der Waals surface area contributed by atoms with Crippen LogP contribution in [0.1, 0.15) is 37.3 Å². The van der Waals surface area contributed by atoms with Crippen LogP contribution in [0.2, 0.25) is 0 Å². The third-order valence-corrected chi connectivity index (χ3v) is 3.85. The molecule has 1 saturated carbocycles. The van der Waals surface area contributed by atoms with Gasteiger partial charge < -0.3 is 15.2 Å². The van der Waals surface area contributed by atoms with Crippen molar-refractivity contribution < 1.29 is 9.84 Å². The second-order valence-corrected chi connectivity index (χ2v) is 5.00. The fourth-order valence-electron chi connectivity index (χ4n) is 2.91. The Bertz CT molecular complexity index is 394. The van der Waals surface area contributed by atoms with Gasteiger partial charge in [0.15, 0.2) is 0 Å². The summed E-state index contributed by atoms with van der Waals surface area (Å²) in [5, 5.41) is 13.5. The van der Waals surface area contributed by atoms with Crippen molar-refractivity contribution in [1.82, 2.24) is 5.32 Å². The average molecular weight is 233 g/mol. The van der Waals surface area contributed by atoms with E-state index in [9.17, 15) is 5.11 Å². The number of benzene rings is 1. The molecule has 0 amide bonds. The first-order valence-corrected chi connectivity index (χ1v) is 6.50. The Balaban J connectivity index is 1.76. The van der Waals surface area contributed by atoms with Crippen molar-refractivity contribution in [2.75, 3.05) is 6.61 Å². The van der Waals surface area contributed by atoms with E-state index in [0.29, 0.717) is 6.04 Å². The zero-order valence-electron chi connectivity index (χ0n) is 9.93. The molecular formula is C14H19NO2. The molecule has 0 saturated heterocycles. The van der Waals surface area contributed by atoms with Gasteiger partial charge in [0.2, 0.25) is 0 Å². The lowest BCUT2D eigenvalue weighted by atomic mass is 9.99. The van der Waals surface area contributed by atoms with E-state index in [4.69, 9.17) is 4.74 Å². The second-order valence-electron chi connectivity index (χ2n) is 5.00. The molecule has 2 N–H and O–H groups in total. The van der Waals surface area contributed by atoms with E-state index in [-0.39, 0.29) is 12.1 Å². The summed E-state index contributed by atoms with van der Waals surface area (Å²) < 4.78 is 5.64. The maximum Gasteiger partial charge on any atom is 0.124 e. The summed E-state index contributed by atoms with van der Waals surface area (Å²) >= 11 is 0. The topological polar surface area (TPSA) is 41.5 Å². The number of hydrogen-bond donors (Lipinski definition) is 2. The first-order valence-electron chi connectivity index (χ1n) is 6.50. The van der Waals surface area contributed by atoms with Crippen molar-refractivity contribution in [3.63, 3.8) is 0 Å². The Hall–Kier alpha value is -1.06. The molecule has 0 spiro atoms. The number of ether oxygens (including phenoxy) is 1. The Kier molecular flexibility index (Phi) is 3.04. The van der Waals surface area contributed by atoms with Crippen molar-refractivity contribution in [1.29, 1.82) is 0 Å². The van der Waals surface area contributed by atoms with Crippen LogP contribution in [0.25, 0.3) is 0 Å². The van der Waals surface area contributed by atoms with Gasteiger partial charge in [0.1, 0.15) is 5.75 Å². The molecule has 2 aliphatic rings. The summed E-state index contributed by atoms with van der Waals surface area (Å²) in [6.45, 7) is 0.761. The van der Waals surface area contributed by atoms with Gasteiger partial charge in [-0.2, -0.15) is 0 Å². The van der Waals surface area contributed by atoms with Crippen LogP contribution < -0.4 is 10.1 Å². The number of fused-ring (bicyclic) bond motifs is 1. The minimum Gasteiger partial charge on any atom is -0.493 e. The minimum atomic E-state index is -0.176. The summed E-state index contributed by atoms with van der Waals surface area (Å²) in [6, 6.07) is 8.78. The van der Waals surface area contributed by atoms with Crippen LogP contribution in [0, 0.1) is 0 Å². The van der Waals surface area contributed by atoms with Gasteiger partial charge in [-0.1, -0.05) is 18.2 Å². The Morgan fingerprint density at radius 1 is 1.18 bits per heavy atom. The van der Waals surface area contributed by atoms with Crippen LogP contribution in [0.5, 0.6) is 5.75 Å². The van der Waals surface area contributed by atoms with Crippen molar-refractivity contribution in [3.05, 3.63) is 29.8 Å². The molecule has 0 aromatic heterocycles. The molecule has 92 valence electrons. The monoisotopic (exact) mass is 233 g/mol. The van der Waals surface area contributed by atoms with Crippen LogP contribution in [0.4, 0.5) is 0 Å². The predicted octanol–water partition coefficient (Wildman–Crippen LogP) is 2.01. The third kappa shape index (κ3) is 2.17. The lowest BCUT2D eigenvalue weighted by molar-refractivity contribution is 0.135. The maximum atomic E-state index is 9.87. The van der Waals surface area contributed by atoms with E-state index < -0.39 is 0 Å². The van der Waals surface area contributed by atoms with Crippen LogP contribution in [0.3, 0.4) is 0 Å². The fraction of sp³-hybridized carbons (Fsp3) is 0.571. The lowest BCUT2D eigenvalue weighted by Gasteiger charge is -2.30. The van der Waals surface area contributed by atoms with E-state index in [2.05, 4.69) is 11.4 Å². The number of para-hydroxylation sites is 1. The van der Waals surface area contributed by atoms with E-state index >= 15 is 0 Å². The van der Waals surface area contributed by atoms with Crippen LogP contribution >= 0.6 is 0 Å². The van der Waals surface area contributed by atoms with Gasteiger partial charge >= 0.3 is 0 Å². The average Bonchev–Trinajstić information content (AvgIpc) is 2.76. The summed E-state index contributed by atoms with van der Waals surface area (Å²) in [6.07, 6.45) is 3.96. The molecule has 3 heteroatoms. The molecule has 0 bridgehead atoms. The molecule has 3 nitrogen and oxygen atoms in total. The van der Waals surface area contributed by atoms with E-state index in [1.165, 1.54) is 5.56 Å². The van der Waals surface area contributed by atoms with Gasteiger partial charge in [0.25, 0.3) is 0 Å². The molecule has 1 fully saturated rings. The summed E-state index contributed by atoms with van der Waals surface area (Å²) in [4.78, 5) is 0. The van der Waals surface area contributed by atoms with Crippen LogP contribution in [0.15, 0.2) is 24.3 Å². The molecule has 0 radical (unpaired) electrons. The van der Waals surface area contributed by atoms with Gasteiger partial charge in [-0.3, -0.25) is 0 Å². The molecule has 3 unspecified atom stereocenters. The summed E-state index contributed by atoms with van der Waals surface area (Å²) in [5.74, 6) is 0.990. The molecule has 1 aromatic rings. The molecule has 1 aliphatic heterocycles. The fourth-order valence-corrected chi connectivity index (χ4v) is 2.91. The van der Waals surface area contributed by atoms with Crippen molar-refractivity contribution in [3.8, 4) is 5.75 Å². The standard InChI is InChI=1S/C14H19NO2/c16-13-6-3-5-12(13)15-11-8-9-17-14-7-2-1-4-10(11)14/h1-2,4,7,11-13,15-16H,3,5-6,8-9H2. The minimum absolute atomic E-state index is 0.176. The quantitative estimate of drug-likeness (QED) is 0.821. The second kappa shape index (κ2) is 4.67. The van der Waals surface area contributed by atoms with E-state index in [1.807, 2.05) is 18.2 Å². The highest BCUT2D eigenvalue weighted by molar-refractivity contribution is 5.37. The van der Waals surface area contributed by atoms with Gasteiger partial charge in [-0.15, -0.1) is 0 Å². The Morgan fingerprint density at radius 2 is 2.06 bits per heavy atom. The highest BCUT2D eigenvalue weighted by Crippen LogP contribution is 2.33. The Labute approximate surface area is 102 Å². The zero-order valence-corrected chi connectivity index (χ0v) is 9.93. The molecule has 1 aromatic carbocycles. The molecule has 3 atom stereocenters. The van der Waals surface area contributed by atoms with E-state index in [0.717, 1.165) is 38.0 Å². The van der Waals surface area contributed by atoms with Crippen molar-refractivity contribution in [2.45, 2.75) is 43.9 Å². The van der Waals surface area contributed by atoms with E-state index in [1.54, 1.807) is 0 Å². The highest BCUT2D eigenvalue weighted by Gasteiger charge is 2.29. The smallest absolute Gasteiger partial charge is 0.124 e. The number of hydrogen-bond acceptors (Lipinski definition) is 3. The number of rotatable bonds is 2. The summed E-state index contributed by atoms with van der Waals surface area (Å²) in [7, 11) is 0. The van der Waals surface area contributed by atoms with Crippen molar-refractivity contribution >= 4 is 0 Å². The van der Waals surface area contributed by atoms with Crippen LogP contribution in [-0.2, 0) is 0 Å². The van der Waals surface area contributed by atoms with Gasteiger partial charge in [0.05, 0.1) is 12.7 Å². The van der Waals surface area contributed by atoms with Gasteiger partial charge in [-0.05, 0) is 25.3 Å². The summed E-state index contributed by atoms with van der Waals surface area (Å²) in [5.41, 5.74) is 1.23. The number of aliphatic hydroxyl groups excluding tert-OH is 1. The predicted molar refractivity (Wildman–Crippen MR) is 66.1 cm³/mol. The molecule has 17 heavy (non-hydrogen) atoms. The Morgan fingerprint density at radius 3 is 2.88 bits per heavy atom. The first kappa shape index (κ1) is 11.1. The molecule has 3 rings (SSSR count). The molecular weight excluding hydrogens is 214 g/mol. The number of aliphatic hydroxyl groups is 1. The maximum absolute atomic E-state index is 9.87. The zero-order chi connectivity index (χ0) is 11.7. The molecule has 1 heterocycles.